The molecule has 0 spiro atoms. The molecule has 1 aromatic heterocycles. The molecule has 2 saturated heterocycles. The van der Waals surface area contributed by atoms with E-state index in [-0.39, 0.29) is 33.7 Å². The van der Waals surface area contributed by atoms with Crippen LogP contribution in [0.25, 0.3) is 22.0 Å². The first kappa shape index (κ1) is 29.1. The Morgan fingerprint density at radius 2 is 1.76 bits per heavy atom. The maximum Gasteiger partial charge on any atom is 0.410 e. The Bertz CT molecular complexity index is 1430. The van der Waals surface area contributed by atoms with Crippen molar-refractivity contribution < 1.29 is 23.4 Å². The number of phenolic OH excluding ortho intramolecular Hbond substituents is 1. The van der Waals surface area contributed by atoms with Crippen LogP contribution in [0.3, 0.4) is 0 Å². The highest BCUT2D eigenvalue weighted by Crippen LogP contribution is 2.42. The summed E-state index contributed by atoms with van der Waals surface area (Å²) in [5.74, 6) is -1.37. The molecule has 2 aliphatic heterocycles. The molecular formula is C29H35ClF2N6O3. The maximum atomic E-state index is 16.3. The van der Waals surface area contributed by atoms with E-state index in [0.29, 0.717) is 37.4 Å². The fourth-order valence-electron chi connectivity index (χ4n) is 5.24. The molecule has 2 aliphatic rings. The predicted octanol–water partition coefficient (Wildman–Crippen LogP) is 5.50. The molecule has 12 heteroatoms. The van der Waals surface area contributed by atoms with Gasteiger partial charge in [-0.3, -0.25) is 0 Å². The van der Waals surface area contributed by atoms with Crippen LogP contribution in [-0.2, 0) is 4.74 Å². The quantitative estimate of drug-likeness (QED) is 0.413. The van der Waals surface area contributed by atoms with Gasteiger partial charge in [-0.15, -0.1) is 0 Å². The summed E-state index contributed by atoms with van der Waals surface area (Å²) in [6.45, 7) is 8.89. The highest BCUT2D eigenvalue weighted by Gasteiger charge is 2.30. The summed E-state index contributed by atoms with van der Waals surface area (Å²) in [6, 6.07) is 5.36. The lowest BCUT2D eigenvalue weighted by Crippen LogP contribution is -2.50. The van der Waals surface area contributed by atoms with E-state index in [4.69, 9.17) is 21.3 Å². The Morgan fingerprint density at radius 1 is 1.07 bits per heavy atom. The van der Waals surface area contributed by atoms with Gasteiger partial charge in [-0.25, -0.2) is 18.6 Å². The van der Waals surface area contributed by atoms with Crippen molar-refractivity contribution in [3.63, 3.8) is 0 Å². The number of ether oxygens (including phenoxy) is 1. The molecule has 2 fully saturated rings. The number of piperazine rings is 1. The van der Waals surface area contributed by atoms with Crippen molar-refractivity contribution in [1.29, 1.82) is 0 Å². The molecule has 0 unspecified atom stereocenters. The van der Waals surface area contributed by atoms with Crippen molar-refractivity contribution in [2.24, 2.45) is 0 Å². The Balaban J connectivity index is 1.55. The summed E-state index contributed by atoms with van der Waals surface area (Å²) in [7, 11) is 2.07. The van der Waals surface area contributed by atoms with E-state index >= 15 is 4.39 Å². The average molecular weight is 589 g/mol. The van der Waals surface area contributed by atoms with Crippen LogP contribution in [0.5, 0.6) is 5.75 Å². The van der Waals surface area contributed by atoms with Crippen molar-refractivity contribution in [1.82, 2.24) is 19.8 Å². The van der Waals surface area contributed by atoms with Crippen LogP contribution in [0.4, 0.5) is 25.3 Å². The van der Waals surface area contributed by atoms with Gasteiger partial charge in [-0.05, 0) is 71.9 Å². The molecule has 0 atom stereocenters. The van der Waals surface area contributed by atoms with E-state index in [2.05, 4.69) is 22.2 Å². The van der Waals surface area contributed by atoms with Gasteiger partial charge in [-0.2, -0.15) is 4.98 Å². The summed E-state index contributed by atoms with van der Waals surface area (Å²) in [4.78, 5) is 27.8. The fourth-order valence-corrected chi connectivity index (χ4v) is 5.52. The van der Waals surface area contributed by atoms with Gasteiger partial charge in [-0.1, -0.05) is 17.7 Å². The number of aromatic nitrogens is 2. The molecule has 5 rings (SSSR count). The second-order valence-electron chi connectivity index (χ2n) is 11.6. The number of phenols is 1. The number of rotatable bonds is 4. The van der Waals surface area contributed by atoms with Crippen molar-refractivity contribution in [2.45, 2.75) is 45.3 Å². The van der Waals surface area contributed by atoms with E-state index in [1.807, 2.05) is 25.7 Å². The van der Waals surface area contributed by atoms with Crippen LogP contribution < -0.4 is 10.2 Å². The van der Waals surface area contributed by atoms with E-state index in [1.165, 1.54) is 18.2 Å². The molecule has 41 heavy (non-hydrogen) atoms. The standard InChI is InChI=1S/C29H35ClF2N6O3/c1-29(2,3)41-28(40)38-14-12-37(13-15-38)26-18-16-19(30)22(23-20(31)6-5-7-21(23)39)24(32)25(18)34-27(35-26)33-17-8-10-36(4)11-9-17/h5-7,16-17,39H,8-15H2,1-4H3,(H,33,34,35). The van der Waals surface area contributed by atoms with Gasteiger partial charge >= 0.3 is 6.09 Å². The SMILES string of the molecule is CN1CCC(Nc2nc(N3CCN(C(=O)OC(C)(C)C)CC3)c3cc(Cl)c(-c4c(O)cccc4F)c(F)c3n2)CC1. The fraction of sp³-hybridized carbons (Fsp3) is 0.483. The molecule has 0 radical (unpaired) electrons. The zero-order valence-corrected chi connectivity index (χ0v) is 24.4. The second-order valence-corrected chi connectivity index (χ2v) is 12.0. The summed E-state index contributed by atoms with van der Waals surface area (Å²) in [5, 5.41) is 14.0. The molecule has 0 saturated carbocycles. The van der Waals surface area contributed by atoms with Gasteiger partial charge in [0.1, 0.15) is 28.5 Å². The summed E-state index contributed by atoms with van der Waals surface area (Å²) in [6.07, 6.45) is 1.36. The largest absolute Gasteiger partial charge is 0.507 e. The Morgan fingerprint density at radius 3 is 2.39 bits per heavy atom. The third-order valence-corrected chi connectivity index (χ3v) is 7.69. The molecule has 3 heterocycles. The number of benzene rings is 2. The van der Waals surface area contributed by atoms with Crippen molar-refractivity contribution in [3.05, 3.63) is 40.9 Å². The molecule has 3 aromatic rings. The van der Waals surface area contributed by atoms with Crippen LogP contribution in [0.15, 0.2) is 24.3 Å². The number of nitrogens with one attached hydrogen (secondary N) is 1. The lowest BCUT2D eigenvalue weighted by Gasteiger charge is -2.36. The van der Waals surface area contributed by atoms with E-state index in [0.717, 1.165) is 32.0 Å². The van der Waals surface area contributed by atoms with Crippen LogP contribution in [0, 0.1) is 11.6 Å². The normalized spacial score (nSPS) is 17.2. The van der Waals surface area contributed by atoms with Crippen LogP contribution in [0.2, 0.25) is 5.02 Å². The van der Waals surface area contributed by atoms with Gasteiger partial charge in [0, 0.05) is 43.2 Å². The number of fused-ring (bicyclic) bond motifs is 1. The van der Waals surface area contributed by atoms with Crippen molar-refractivity contribution in [2.75, 3.05) is 56.5 Å². The van der Waals surface area contributed by atoms with Crippen LogP contribution in [-0.4, -0.2) is 88.9 Å². The number of carbonyl (C=O) groups is 1. The van der Waals surface area contributed by atoms with Gasteiger partial charge in [0.2, 0.25) is 5.95 Å². The number of piperidine rings is 1. The number of anilines is 2. The Kier molecular flexibility index (Phi) is 8.11. The molecule has 9 nitrogen and oxygen atoms in total. The number of aromatic hydroxyl groups is 1. The van der Waals surface area contributed by atoms with Crippen molar-refractivity contribution >= 4 is 40.4 Å². The smallest absolute Gasteiger partial charge is 0.410 e. The van der Waals surface area contributed by atoms with Gasteiger partial charge in [0.15, 0.2) is 5.82 Å². The molecule has 0 bridgehead atoms. The number of hydrogen-bond donors (Lipinski definition) is 2. The highest BCUT2D eigenvalue weighted by atomic mass is 35.5. The van der Waals surface area contributed by atoms with E-state index < -0.39 is 29.1 Å². The van der Waals surface area contributed by atoms with E-state index in [1.54, 1.807) is 4.90 Å². The topological polar surface area (TPSA) is 94.1 Å². The molecule has 2 N–H and O–H groups in total. The van der Waals surface area contributed by atoms with Gasteiger partial charge in [0.25, 0.3) is 0 Å². The first-order chi connectivity index (χ1) is 19.4. The number of hydrogen-bond acceptors (Lipinski definition) is 8. The number of carbonyl (C=O) groups excluding carboxylic acids is 1. The summed E-state index contributed by atoms with van der Waals surface area (Å²) in [5.41, 5.74) is -1.24. The third kappa shape index (κ3) is 6.25. The van der Waals surface area contributed by atoms with Gasteiger partial charge < -0.3 is 29.9 Å². The lowest BCUT2D eigenvalue weighted by atomic mass is 10.0. The van der Waals surface area contributed by atoms with Crippen molar-refractivity contribution in [3.8, 4) is 16.9 Å². The average Bonchev–Trinajstić information content (AvgIpc) is 2.91. The Hall–Kier alpha value is -3.44. The highest BCUT2D eigenvalue weighted by molar-refractivity contribution is 6.34. The second kappa shape index (κ2) is 11.4. The monoisotopic (exact) mass is 588 g/mol. The molecule has 0 aliphatic carbocycles. The minimum atomic E-state index is -0.852. The molecular weight excluding hydrogens is 554 g/mol. The molecule has 1 amide bonds. The molecule has 2 aromatic carbocycles. The van der Waals surface area contributed by atoms with Gasteiger partial charge in [0.05, 0.1) is 10.6 Å². The zero-order valence-electron chi connectivity index (χ0n) is 23.7. The predicted molar refractivity (Wildman–Crippen MR) is 156 cm³/mol. The minimum Gasteiger partial charge on any atom is -0.507 e. The number of nitrogens with zero attached hydrogens (tertiary/aromatic N) is 5. The molecule has 220 valence electrons. The Labute approximate surface area is 243 Å². The summed E-state index contributed by atoms with van der Waals surface area (Å²) < 4.78 is 36.6. The first-order valence-electron chi connectivity index (χ1n) is 13.8. The van der Waals surface area contributed by atoms with Crippen LogP contribution >= 0.6 is 11.6 Å². The maximum absolute atomic E-state index is 16.3. The van der Waals surface area contributed by atoms with Crippen LogP contribution in [0.1, 0.15) is 33.6 Å². The first-order valence-corrected chi connectivity index (χ1v) is 14.1. The number of likely N-dealkylation sites (tertiary alicyclic amines) is 1. The van der Waals surface area contributed by atoms with E-state index in [9.17, 15) is 14.3 Å². The number of amides is 1. The minimum absolute atomic E-state index is 0.0398. The number of halogens is 3. The lowest BCUT2D eigenvalue weighted by molar-refractivity contribution is 0.0240. The third-order valence-electron chi connectivity index (χ3n) is 7.39. The zero-order chi connectivity index (χ0) is 29.5. The summed E-state index contributed by atoms with van der Waals surface area (Å²) >= 11 is 6.55.